The normalized spacial score (nSPS) is 15.3. The molecule has 62 heavy (non-hydrogen) atoms. The van der Waals surface area contributed by atoms with Gasteiger partial charge in [-0.1, -0.05) is 174 Å². The fraction of sp³-hybridized carbons (Fsp3) is 0.604. The van der Waals surface area contributed by atoms with Crippen LogP contribution in [0.1, 0.15) is 155 Å². The van der Waals surface area contributed by atoms with E-state index in [4.69, 9.17) is 9.05 Å². The van der Waals surface area contributed by atoms with Gasteiger partial charge in [-0.25, -0.2) is 4.57 Å². The van der Waals surface area contributed by atoms with E-state index in [9.17, 15) is 19.4 Å². The van der Waals surface area contributed by atoms with Crippen LogP contribution in [0, 0.1) is 0 Å². The Balaban J connectivity index is 4.47. The Morgan fingerprint density at radius 3 is 1.48 bits per heavy atom. The molecule has 0 aromatic heterocycles. The summed E-state index contributed by atoms with van der Waals surface area (Å²) >= 11 is 0. The minimum Gasteiger partial charge on any atom is -0.387 e. The molecular formula is C53H90N2O6P+. The van der Waals surface area contributed by atoms with Crippen molar-refractivity contribution in [1.82, 2.24) is 5.32 Å². The predicted molar refractivity (Wildman–Crippen MR) is 267 cm³/mol. The molecule has 352 valence electrons. The first kappa shape index (κ1) is 58.9. The lowest BCUT2D eigenvalue weighted by molar-refractivity contribution is -0.870. The number of nitrogens with one attached hydrogen (secondary N) is 1. The molecule has 0 aliphatic rings. The van der Waals surface area contributed by atoms with Gasteiger partial charge >= 0.3 is 7.82 Å². The summed E-state index contributed by atoms with van der Waals surface area (Å²) in [5, 5.41) is 13.8. The molecule has 0 aliphatic carbocycles. The first-order valence-corrected chi connectivity index (χ1v) is 25.4. The second-order valence-electron chi connectivity index (χ2n) is 16.7. The van der Waals surface area contributed by atoms with Crippen molar-refractivity contribution < 1.29 is 32.9 Å². The summed E-state index contributed by atoms with van der Waals surface area (Å²) < 4.78 is 23.5. The highest BCUT2D eigenvalue weighted by Gasteiger charge is 2.27. The van der Waals surface area contributed by atoms with Gasteiger partial charge in [-0.15, -0.1) is 0 Å². The number of phosphoric acid groups is 1. The summed E-state index contributed by atoms with van der Waals surface area (Å²) in [6.45, 7) is 4.60. The standard InChI is InChI=1S/C53H89N2O6P/c1-6-8-10-12-14-16-18-20-21-22-23-24-25-26-27-28-29-30-31-32-33-35-37-39-41-43-45-47-53(57)54-51(50-61-62(58,59)60-49-48-55(3,4)5)52(56)46-44-42-40-38-36-34-19-17-15-13-11-9-7-2/h8,10,14,16,20-21,23-24,26-27,29-30,32-33,36-39,44,46,51-52,56H,6-7,9,11-13,15,17-19,22,25,28,31,34-35,40-43,45,47-50H2,1-5H3,(H-,54,57,58,59)/p+1/b10-8-,16-14-,21-20-,24-23-,27-26-,30-29-,33-32-,38-36+,39-37-,46-44+. The molecule has 1 amide bonds. The molecule has 0 bridgehead atoms. The maximum Gasteiger partial charge on any atom is 0.472 e. The number of unbranched alkanes of at least 4 members (excludes halogenated alkanes) is 10. The Kier molecular flexibility index (Phi) is 41.0. The highest BCUT2D eigenvalue weighted by molar-refractivity contribution is 7.47. The lowest BCUT2D eigenvalue weighted by atomic mass is 10.1. The molecule has 0 radical (unpaired) electrons. The molecule has 0 saturated heterocycles. The van der Waals surface area contributed by atoms with Gasteiger partial charge < -0.3 is 19.8 Å². The minimum absolute atomic E-state index is 0.0400. The summed E-state index contributed by atoms with van der Waals surface area (Å²) in [6, 6.07) is -0.895. The predicted octanol–water partition coefficient (Wildman–Crippen LogP) is 13.9. The monoisotopic (exact) mass is 882 g/mol. The van der Waals surface area contributed by atoms with Gasteiger partial charge in [-0.3, -0.25) is 13.8 Å². The average molecular weight is 882 g/mol. The van der Waals surface area contributed by atoms with Crippen LogP contribution in [0.3, 0.4) is 0 Å². The van der Waals surface area contributed by atoms with Crippen LogP contribution in [0.2, 0.25) is 0 Å². The van der Waals surface area contributed by atoms with E-state index < -0.39 is 20.0 Å². The first-order chi connectivity index (χ1) is 30.0. The second kappa shape index (κ2) is 43.2. The zero-order valence-electron chi connectivity index (χ0n) is 39.8. The molecule has 0 aromatic carbocycles. The van der Waals surface area contributed by atoms with Gasteiger partial charge in [-0.2, -0.15) is 0 Å². The topological polar surface area (TPSA) is 105 Å². The maximum absolute atomic E-state index is 12.9. The van der Waals surface area contributed by atoms with E-state index in [1.807, 2.05) is 27.2 Å². The average Bonchev–Trinajstić information content (AvgIpc) is 3.23. The molecular weight excluding hydrogens is 792 g/mol. The number of carbonyl (C=O) groups is 1. The molecule has 0 aliphatic heterocycles. The molecule has 9 heteroatoms. The highest BCUT2D eigenvalue weighted by Crippen LogP contribution is 2.43. The quantitative estimate of drug-likeness (QED) is 0.0244. The zero-order valence-corrected chi connectivity index (χ0v) is 40.7. The SMILES string of the molecule is CC/C=C\C/C=C\C/C=C\C/C=C\C/C=C\C/C=C\C/C=C\C/C=C\CCCCC(=O)NC(COP(=O)(O)OCC[N+](C)(C)C)C(O)/C=C/CC/C=C/CCCCCCCCC. The Bertz CT molecular complexity index is 1410. The van der Waals surface area contributed by atoms with Crippen molar-refractivity contribution in [3.63, 3.8) is 0 Å². The first-order valence-electron chi connectivity index (χ1n) is 23.9. The van der Waals surface area contributed by atoms with Gasteiger partial charge in [0.1, 0.15) is 13.2 Å². The third kappa shape index (κ3) is 44.9. The van der Waals surface area contributed by atoms with Crippen LogP contribution in [0.15, 0.2) is 122 Å². The van der Waals surface area contributed by atoms with Crippen molar-refractivity contribution in [1.29, 1.82) is 0 Å². The van der Waals surface area contributed by atoms with E-state index in [1.165, 1.54) is 44.9 Å². The highest BCUT2D eigenvalue weighted by atomic mass is 31.2. The van der Waals surface area contributed by atoms with Crippen LogP contribution in [0.4, 0.5) is 0 Å². The lowest BCUT2D eigenvalue weighted by Gasteiger charge is -2.25. The van der Waals surface area contributed by atoms with Gasteiger partial charge in [0.2, 0.25) is 5.91 Å². The van der Waals surface area contributed by atoms with Crippen molar-refractivity contribution in [3.8, 4) is 0 Å². The fourth-order valence-electron chi connectivity index (χ4n) is 5.89. The Hall–Kier alpha value is -3.10. The summed E-state index contributed by atoms with van der Waals surface area (Å²) in [4.78, 5) is 23.1. The molecule has 8 nitrogen and oxygen atoms in total. The number of hydrogen-bond acceptors (Lipinski definition) is 5. The number of phosphoric ester groups is 1. The molecule has 0 spiro atoms. The minimum atomic E-state index is -4.37. The number of rotatable bonds is 41. The molecule has 0 heterocycles. The van der Waals surface area contributed by atoms with Gasteiger partial charge in [0, 0.05) is 6.42 Å². The van der Waals surface area contributed by atoms with E-state index in [2.05, 4.69) is 129 Å². The van der Waals surface area contributed by atoms with Crippen molar-refractivity contribution in [2.45, 2.75) is 167 Å². The van der Waals surface area contributed by atoms with Crippen LogP contribution in [-0.4, -0.2) is 73.4 Å². The van der Waals surface area contributed by atoms with Crippen LogP contribution in [-0.2, 0) is 18.4 Å². The fourth-order valence-corrected chi connectivity index (χ4v) is 6.63. The summed E-state index contributed by atoms with van der Waals surface area (Å²) in [5.41, 5.74) is 0. The maximum atomic E-state index is 12.9. The number of likely N-dealkylation sites (N-methyl/N-ethyl adjacent to an activating group) is 1. The van der Waals surface area contributed by atoms with Crippen LogP contribution in [0.5, 0.6) is 0 Å². The zero-order chi connectivity index (χ0) is 45.7. The number of hydrogen-bond donors (Lipinski definition) is 3. The Labute approximate surface area is 380 Å². The third-order valence-electron chi connectivity index (χ3n) is 9.67. The van der Waals surface area contributed by atoms with Crippen molar-refractivity contribution >= 4 is 13.7 Å². The second-order valence-corrected chi connectivity index (χ2v) is 18.2. The number of quaternary nitrogens is 1. The van der Waals surface area contributed by atoms with E-state index in [-0.39, 0.29) is 25.5 Å². The van der Waals surface area contributed by atoms with Gasteiger partial charge in [0.15, 0.2) is 0 Å². The number of allylic oxidation sites excluding steroid dienone is 19. The van der Waals surface area contributed by atoms with Crippen LogP contribution >= 0.6 is 7.82 Å². The summed E-state index contributed by atoms with van der Waals surface area (Å²) in [6.07, 6.45) is 64.3. The third-order valence-corrected chi connectivity index (χ3v) is 10.6. The number of carbonyl (C=O) groups excluding carboxylic acids is 1. The van der Waals surface area contributed by atoms with E-state index in [1.54, 1.807) is 6.08 Å². The molecule has 3 unspecified atom stereocenters. The molecule has 0 rings (SSSR count). The van der Waals surface area contributed by atoms with Crippen LogP contribution in [0.25, 0.3) is 0 Å². The van der Waals surface area contributed by atoms with Crippen molar-refractivity contribution in [3.05, 3.63) is 122 Å². The molecule has 0 fully saturated rings. The van der Waals surface area contributed by atoms with Gasteiger partial charge in [0.25, 0.3) is 0 Å². The summed E-state index contributed by atoms with van der Waals surface area (Å²) in [5.74, 6) is -0.237. The smallest absolute Gasteiger partial charge is 0.387 e. The van der Waals surface area contributed by atoms with Gasteiger partial charge in [0.05, 0.1) is 39.9 Å². The largest absolute Gasteiger partial charge is 0.472 e. The van der Waals surface area contributed by atoms with Crippen LogP contribution < -0.4 is 5.32 Å². The van der Waals surface area contributed by atoms with Crippen molar-refractivity contribution in [2.75, 3.05) is 40.9 Å². The Morgan fingerprint density at radius 2 is 0.984 bits per heavy atom. The number of amides is 1. The number of nitrogens with zero attached hydrogens (tertiary/aromatic N) is 1. The molecule has 0 saturated carbocycles. The number of aliphatic hydroxyl groups excluding tert-OH is 1. The molecule has 3 atom stereocenters. The van der Waals surface area contributed by atoms with E-state index in [0.717, 1.165) is 83.5 Å². The molecule has 0 aromatic rings. The summed E-state index contributed by atoms with van der Waals surface area (Å²) in [7, 11) is 1.50. The number of aliphatic hydroxyl groups is 1. The molecule has 3 N–H and O–H groups in total. The lowest BCUT2D eigenvalue weighted by Crippen LogP contribution is -2.45. The van der Waals surface area contributed by atoms with E-state index in [0.29, 0.717) is 17.4 Å². The van der Waals surface area contributed by atoms with Crippen molar-refractivity contribution in [2.24, 2.45) is 0 Å². The Morgan fingerprint density at radius 1 is 0.565 bits per heavy atom. The van der Waals surface area contributed by atoms with Gasteiger partial charge in [-0.05, 0) is 96.3 Å². The van der Waals surface area contributed by atoms with E-state index >= 15 is 0 Å².